The van der Waals surface area contributed by atoms with Gasteiger partial charge in [-0.2, -0.15) is 0 Å². The van der Waals surface area contributed by atoms with Crippen LogP contribution < -0.4 is 5.73 Å². The normalized spacial score (nSPS) is 25.9. The summed E-state index contributed by atoms with van der Waals surface area (Å²) in [5.41, 5.74) is 5.28. The van der Waals surface area contributed by atoms with Gasteiger partial charge in [0.2, 0.25) is 6.04 Å². The number of carbonyl (C=O) groups is 2. The van der Waals surface area contributed by atoms with E-state index in [4.69, 9.17) is 10.5 Å². The van der Waals surface area contributed by atoms with Crippen molar-refractivity contribution in [3.05, 3.63) is 60.2 Å². The highest BCUT2D eigenvalue weighted by atomic mass is 16.6. The molecule has 2 heterocycles. The number of nitrogens with two attached hydrogens (primary N) is 1. The van der Waals surface area contributed by atoms with Crippen LogP contribution in [0.3, 0.4) is 0 Å². The van der Waals surface area contributed by atoms with Gasteiger partial charge in [-0.25, -0.2) is 14.8 Å². The molecule has 1 aliphatic carbocycles. The predicted molar refractivity (Wildman–Crippen MR) is 121 cm³/mol. The Kier molecular flexibility index (Phi) is 6.76. The summed E-state index contributed by atoms with van der Waals surface area (Å²) in [5.74, 6) is -1.26. The number of nitrogens with zero attached hydrogens (tertiary/aromatic N) is 3. The van der Waals surface area contributed by atoms with E-state index in [9.17, 15) is 14.7 Å². The van der Waals surface area contributed by atoms with Crippen molar-refractivity contribution in [1.29, 1.82) is 0 Å². The smallest absolute Gasteiger partial charge is 0.343 e. The van der Waals surface area contributed by atoms with Crippen LogP contribution in [-0.4, -0.2) is 57.7 Å². The maximum Gasteiger partial charge on any atom is 0.343 e. The first-order chi connectivity index (χ1) is 15.9. The number of aliphatic hydroxyl groups is 1. The minimum Gasteiger partial charge on any atom is -0.457 e. The lowest BCUT2D eigenvalue weighted by molar-refractivity contribution is -0.941. The molecule has 33 heavy (non-hydrogen) atoms. The van der Waals surface area contributed by atoms with E-state index in [2.05, 4.69) is 9.97 Å². The van der Waals surface area contributed by atoms with Crippen LogP contribution >= 0.6 is 0 Å². The molecule has 8 nitrogen and oxygen atoms in total. The zero-order chi connectivity index (χ0) is 23.5. The van der Waals surface area contributed by atoms with E-state index in [1.54, 1.807) is 24.4 Å². The van der Waals surface area contributed by atoms with Gasteiger partial charge in [0, 0.05) is 25.0 Å². The van der Waals surface area contributed by atoms with Gasteiger partial charge in [-0.3, -0.25) is 4.79 Å². The van der Waals surface area contributed by atoms with E-state index in [-0.39, 0.29) is 18.6 Å². The minimum absolute atomic E-state index is 0.103. The minimum atomic E-state index is -1.67. The van der Waals surface area contributed by atoms with Gasteiger partial charge in [0.1, 0.15) is 24.7 Å². The van der Waals surface area contributed by atoms with Crippen molar-refractivity contribution in [3.8, 4) is 0 Å². The largest absolute Gasteiger partial charge is 0.457 e. The molecule has 2 aromatic rings. The molecule has 3 N–H and O–H groups in total. The molecule has 1 amide bonds. The summed E-state index contributed by atoms with van der Waals surface area (Å²) in [6.07, 6.45) is 8.21. The number of hydrogen-bond donors (Lipinski definition) is 2. The molecule has 1 saturated heterocycles. The van der Waals surface area contributed by atoms with Crippen LogP contribution in [0.15, 0.2) is 48.9 Å². The van der Waals surface area contributed by atoms with Gasteiger partial charge < -0.3 is 20.1 Å². The van der Waals surface area contributed by atoms with Crippen LogP contribution in [-0.2, 0) is 19.9 Å². The fourth-order valence-corrected chi connectivity index (χ4v) is 5.78. The number of esters is 1. The zero-order valence-corrected chi connectivity index (χ0v) is 19.1. The van der Waals surface area contributed by atoms with E-state index in [0.717, 1.165) is 38.5 Å². The summed E-state index contributed by atoms with van der Waals surface area (Å²) in [7, 11) is 1.96. The van der Waals surface area contributed by atoms with Crippen molar-refractivity contribution in [3.63, 3.8) is 0 Å². The van der Waals surface area contributed by atoms with Crippen LogP contribution in [0, 0.1) is 5.92 Å². The second-order valence-electron chi connectivity index (χ2n) is 9.52. The van der Waals surface area contributed by atoms with Crippen molar-refractivity contribution < 1.29 is 23.9 Å². The molecule has 8 heteroatoms. The fourth-order valence-electron chi connectivity index (χ4n) is 5.78. The SMILES string of the molecule is C[N@@+]1(C(C(N)=O)c2ccncn2)CCCC1COC(=O)C(O)(c1ccccc1)C1CCCC1. The third-order valence-corrected chi connectivity index (χ3v) is 7.63. The predicted octanol–water partition coefficient (Wildman–Crippen LogP) is 2.23. The van der Waals surface area contributed by atoms with E-state index < -0.39 is 23.5 Å². The van der Waals surface area contributed by atoms with Crippen LogP contribution in [0.25, 0.3) is 0 Å². The van der Waals surface area contributed by atoms with E-state index >= 15 is 0 Å². The summed E-state index contributed by atoms with van der Waals surface area (Å²) in [6.45, 7) is 0.817. The maximum atomic E-state index is 13.4. The molecule has 176 valence electrons. The van der Waals surface area contributed by atoms with Crippen LogP contribution in [0.5, 0.6) is 0 Å². The topological polar surface area (TPSA) is 115 Å². The monoisotopic (exact) mass is 453 g/mol. The summed E-state index contributed by atoms with van der Waals surface area (Å²) >= 11 is 0. The highest BCUT2D eigenvalue weighted by Gasteiger charge is 2.51. The van der Waals surface area contributed by atoms with Gasteiger partial charge in [-0.05, 0) is 24.5 Å². The highest BCUT2D eigenvalue weighted by molar-refractivity contribution is 5.82. The van der Waals surface area contributed by atoms with Gasteiger partial charge in [-0.15, -0.1) is 0 Å². The van der Waals surface area contributed by atoms with Crippen molar-refractivity contribution in [2.24, 2.45) is 11.7 Å². The van der Waals surface area contributed by atoms with Crippen molar-refractivity contribution in [2.75, 3.05) is 20.2 Å². The van der Waals surface area contributed by atoms with Crippen LogP contribution in [0.1, 0.15) is 55.8 Å². The van der Waals surface area contributed by atoms with Crippen molar-refractivity contribution in [1.82, 2.24) is 9.97 Å². The number of primary amides is 1. The number of likely N-dealkylation sites (N-methyl/N-ethyl adjacent to an activating group) is 1. The molecule has 0 radical (unpaired) electrons. The lowest BCUT2D eigenvalue weighted by atomic mass is 9.80. The van der Waals surface area contributed by atoms with Crippen molar-refractivity contribution in [2.45, 2.75) is 56.2 Å². The number of benzene rings is 1. The van der Waals surface area contributed by atoms with Gasteiger partial charge in [0.15, 0.2) is 5.60 Å². The molecule has 3 unspecified atom stereocenters. The Balaban J connectivity index is 1.55. The fraction of sp³-hybridized carbons (Fsp3) is 0.520. The van der Waals surface area contributed by atoms with Gasteiger partial charge in [0.25, 0.3) is 5.91 Å². The third-order valence-electron chi connectivity index (χ3n) is 7.63. The summed E-state index contributed by atoms with van der Waals surface area (Å²) in [6, 6.07) is 9.99. The Morgan fingerprint density at radius 3 is 2.55 bits per heavy atom. The molecule has 1 saturated carbocycles. The molecule has 4 atom stereocenters. The molecule has 1 aromatic carbocycles. The van der Waals surface area contributed by atoms with Crippen LogP contribution in [0.4, 0.5) is 0 Å². The van der Waals surface area contributed by atoms with Gasteiger partial charge in [-0.1, -0.05) is 43.2 Å². The molecule has 2 aliphatic rings. The molecular formula is C25H33N4O4+. The Morgan fingerprint density at radius 1 is 1.18 bits per heavy atom. The van der Waals surface area contributed by atoms with Gasteiger partial charge >= 0.3 is 5.97 Å². The number of rotatable bonds is 8. The van der Waals surface area contributed by atoms with Gasteiger partial charge in [0.05, 0.1) is 13.6 Å². The molecule has 2 fully saturated rings. The molecule has 0 bridgehead atoms. The number of carbonyl (C=O) groups excluding carboxylic acids is 2. The Morgan fingerprint density at radius 2 is 1.91 bits per heavy atom. The average molecular weight is 454 g/mol. The quantitative estimate of drug-likeness (QED) is 0.468. The average Bonchev–Trinajstić information content (AvgIpc) is 3.49. The second-order valence-corrected chi connectivity index (χ2v) is 9.52. The number of amides is 1. The standard InChI is InChI=1S/C25H32N4O4/c1-29(22(23(26)30)21-13-14-27-17-28-21)15-7-12-20(29)16-33-24(31)25(32,19-10-5-6-11-19)18-8-3-2-4-9-18/h2-4,8-9,13-14,17,19-20,22,32H,5-7,10-12,15-16H2,1H3,(H-,26,30)/p+1/t20?,22?,25?,29-/m1/s1. The third kappa shape index (κ3) is 4.37. The Bertz CT molecular complexity index is 967. The number of hydrogen-bond acceptors (Lipinski definition) is 6. The summed E-state index contributed by atoms with van der Waals surface area (Å²) in [4.78, 5) is 34.1. The number of likely N-dealkylation sites (tertiary alicyclic amines) is 1. The first-order valence-corrected chi connectivity index (χ1v) is 11.7. The highest BCUT2D eigenvalue weighted by Crippen LogP contribution is 2.42. The molecular weight excluding hydrogens is 420 g/mol. The van der Waals surface area contributed by atoms with Crippen LogP contribution in [0.2, 0.25) is 0 Å². The van der Waals surface area contributed by atoms with Crippen molar-refractivity contribution >= 4 is 11.9 Å². The first kappa shape index (κ1) is 23.3. The Labute approximate surface area is 194 Å². The second kappa shape index (κ2) is 9.57. The molecule has 1 aromatic heterocycles. The lowest BCUT2D eigenvalue weighted by Crippen LogP contribution is -2.57. The first-order valence-electron chi connectivity index (χ1n) is 11.7. The number of ether oxygens (including phenoxy) is 1. The number of aromatic nitrogens is 2. The van der Waals surface area contributed by atoms with E-state index in [1.807, 2.05) is 25.2 Å². The lowest BCUT2D eigenvalue weighted by Gasteiger charge is -2.41. The van der Waals surface area contributed by atoms with E-state index in [0.29, 0.717) is 22.3 Å². The zero-order valence-electron chi connectivity index (χ0n) is 19.1. The molecule has 0 spiro atoms. The maximum absolute atomic E-state index is 13.4. The number of quaternary nitrogens is 1. The summed E-state index contributed by atoms with van der Waals surface area (Å²) in [5, 5.41) is 11.7. The van der Waals surface area contributed by atoms with E-state index in [1.165, 1.54) is 6.33 Å². The molecule has 4 rings (SSSR count). The summed E-state index contributed by atoms with van der Waals surface area (Å²) < 4.78 is 6.14. The Hall–Kier alpha value is -2.84. The molecule has 1 aliphatic heterocycles.